The molecule has 17 heavy (non-hydrogen) atoms. The molecule has 1 rings (SSSR count). The maximum absolute atomic E-state index is 13.1. The lowest BCUT2D eigenvalue weighted by Gasteiger charge is -2.11. The predicted octanol–water partition coefficient (Wildman–Crippen LogP) is 3.47. The van der Waals surface area contributed by atoms with Gasteiger partial charge in [0, 0.05) is 6.07 Å². The van der Waals surface area contributed by atoms with Gasteiger partial charge in [0.2, 0.25) is 0 Å². The van der Waals surface area contributed by atoms with Gasteiger partial charge in [-0.05, 0) is 22.0 Å². The van der Waals surface area contributed by atoms with Gasteiger partial charge in [-0.1, -0.05) is 0 Å². The van der Waals surface area contributed by atoms with E-state index in [-0.39, 0.29) is 0 Å². The smallest absolute Gasteiger partial charge is 0.370 e. The van der Waals surface area contributed by atoms with E-state index in [1.54, 1.807) is 5.32 Å². The number of nitrogens with zero attached hydrogens (tertiary/aromatic N) is 1. The van der Waals surface area contributed by atoms with Crippen LogP contribution in [0.15, 0.2) is 16.6 Å². The summed E-state index contributed by atoms with van der Waals surface area (Å²) in [5.74, 6) is -0.889. The van der Waals surface area contributed by atoms with Crippen LogP contribution in [0.3, 0.4) is 0 Å². The third kappa shape index (κ3) is 3.55. The van der Waals surface area contributed by atoms with Crippen molar-refractivity contribution in [1.29, 1.82) is 0 Å². The molecule has 0 atom stereocenters. The van der Waals surface area contributed by atoms with Crippen molar-refractivity contribution in [2.24, 2.45) is 0 Å². The molecule has 0 saturated carbocycles. The van der Waals surface area contributed by atoms with Crippen LogP contribution in [0.1, 0.15) is 0 Å². The number of rotatable bonds is 3. The van der Waals surface area contributed by atoms with Crippen molar-refractivity contribution in [3.8, 4) is 0 Å². The normalized spacial score (nSPS) is 11.4. The molecule has 94 valence electrons. The molecule has 0 saturated heterocycles. The van der Waals surface area contributed by atoms with Crippen molar-refractivity contribution in [3.05, 3.63) is 32.5 Å². The van der Waals surface area contributed by atoms with Crippen molar-refractivity contribution in [1.82, 2.24) is 0 Å². The summed E-state index contributed by atoms with van der Waals surface area (Å²) in [7, 11) is 0. The molecule has 9 heteroatoms. The van der Waals surface area contributed by atoms with Crippen LogP contribution in [-0.2, 0) is 0 Å². The van der Waals surface area contributed by atoms with Crippen LogP contribution >= 0.6 is 15.9 Å². The van der Waals surface area contributed by atoms with Crippen LogP contribution in [0.2, 0.25) is 0 Å². The number of nitrogens with one attached hydrogen (secondary N) is 1. The number of nitro benzene ring substituents is 1. The van der Waals surface area contributed by atoms with E-state index in [9.17, 15) is 27.7 Å². The van der Waals surface area contributed by atoms with E-state index >= 15 is 0 Å². The van der Waals surface area contributed by atoms with E-state index in [1.807, 2.05) is 0 Å². The minimum Gasteiger partial charge on any atom is -0.370 e. The number of hydrogen-bond donors (Lipinski definition) is 1. The fourth-order valence-electron chi connectivity index (χ4n) is 1.05. The minimum atomic E-state index is -4.56. The third-order valence-electron chi connectivity index (χ3n) is 1.74. The standard InChI is InChI=1S/C8H5BrF4N2O2/c9-6-4(10)1-2-5(15(16)17)7(6)14-3-8(11,12)13/h1-2,14H,3H2. The number of nitro groups is 1. The molecule has 4 nitrogen and oxygen atoms in total. The average molecular weight is 317 g/mol. The molecule has 0 radical (unpaired) electrons. The maximum Gasteiger partial charge on any atom is 0.405 e. The molecular weight excluding hydrogens is 312 g/mol. The first-order valence-electron chi connectivity index (χ1n) is 4.15. The van der Waals surface area contributed by atoms with Crippen molar-refractivity contribution in [3.63, 3.8) is 0 Å². The third-order valence-corrected chi connectivity index (χ3v) is 2.51. The van der Waals surface area contributed by atoms with Gasteiger partial charge in [0.25, 0.3) is 5.69 Å². The number of halogens is 5. The molecule has 0 spiro atoms. The second kappa shape index (κ2) is 4.86. The highest BCUT2D eigenvalue weighted by Crippen LogP contribution is 2.35. The van der Waals surface area contributed by atoms with Crippen LogP contribution in [0, 0.1) is 15.9 Å². The monoisotopic (exact) mass is 316 g/mol. The second-order valence-electron chi connectivity index (χ2n) is 2.98. The van der Waals surface area contributed by atoms with Crippen molar-refractivity contribution < 1.29 is 22.5 Å². The van der Waals surface area contributed by atoms with Crippen LogP contribution in [-0.4, -0.2) is 17.6 Å². The Morgan fingerprint density at radius 1 is 1.41 bits per heavy atom. The summed E-state index contributed by atoms with van der Waals surface area (Å²) in [6, 6.07) is 1.58. The molecule has 0 aliphatic carbocycles. The Balaban J connectivity index is 3.11. The first-order chi connectivity index (χ1) is 7.72. The number of anilines is 1. The van der Waals surface area contributed by atoms with E-state index in [0.29, 0.717) is 0 Å². The molecule has 0 bridgehead atoms. The first-order valence-corrected chi connectivity index (χ1v) is 4.94. The fourth-order valence-corrected chi connectivity index (χ4v) is 1.52. The molecule has 0 amide bonds. The summed E-state index contributed by atoms with van der Waals surface area (Å²) < 4.78 is 48.5. The molecule has 1 N–H and O–H groups in total. The van der Waals surface area contributed by atoms with Crippen LogP contribution in [0.25, 0.3) is 0 Å². The Labute approximate surface area is 101 Å². The van der Waals surface area contributed by atoms with E-state index in [4.69, 9.17) is 0 Å². The largest absolute Gasteiger partial charge is 0.405 e. The summed E-state index contributed by atoms with van der Waals surface area (Å²) >= 11 is 2.66. The number of alkyl halides is 3. The zero-order valence-corrected chi connectivity index (χ0v) is 9.60. The van der Waals surface area contributed by atoms with E-state index in [2.05, 4.69) is 15.9 Å². The quantitative estimate of drug-likeness (QED) is 0.528. The molecule has 0 aliphatic heterocycles. The zero-order chi connectivity index (χ0) is 13.2. The lowest BCUT2D eigenvalue weighted by atomic mass is 10.2. The molecule has 0 unspecified atom stereocenters. The molecule has 1 aromatic rings. The summed E-state index contributed by atoms with van der Waals surface area (Å²) in [6.45, 7) is -1.49. The molecular formula is C8H5BrF4N2O2. The van der Waals surface area contributed by atoms with Crippen LogP contribution in [0.4, 0.5) is 28.9 Å². The highest BCUT2D eigenvalue weighted by atomic mass is 79.9. The van der Waals surface area contributed by atoms with Crippen molar-refractivity contribution >= 4 is 27.3 Å². The predicted molar refractivity (Wildman–Crippen MR) is 55.3 cm³/mol. The molecule has 0 aromatic heterocycles. The maximum atomic E-state index is 13.1. The van der Waals surface area contributed by atoms with Gasteiger partial charge in [-0.15, -0.1) is 0 Å². The highest BCUT2D eigenvalue weighted by Gasteiger charge is 2.29. The van der Waals surface area contributed by atoms with Crippen molar-refractivity contribution in [2.75, 3.05) is 11.9 Å². The first kappa shape index (κ1) is 13.7. The topological polar surface area (TPSA) is 55.2 Å². The van der Waals surface area contributed by atoms with Gasteiger partial charge in [0.15, 0.2) is 0 Å². The van der Waals surface area contributed by atoms with Crippen LogP contribution in [0.5, 0.6) is 0 Å². The SMILES string of the molecule is O=[N+]([O-])c1ccc(F)c(Br)c1NCC(F)(F)F. The summed E-state index contributed by atoms with van der Waals surface area (Å²) in [5, 5.41) is 12.3. The minimum absolute atomic E-state index is 0.407. The lowest BCUT2D eigenvalue weighted by molar-refractivity contribution is -0.384. The summed E-state index contributed by atoms with van der Waals surface area (Å²) in [6.07, 6.45) is -4.56. The Morgan fingerprint density at radius 2 is 2.00 bits per heavy atom. The Bertz CT molecular complexity index is 450. The molecule has 0 aliphatic rings. The summed E-state index contributed by atoms with van der Waals surface area (Å²) in [4.78, 5) is 9.65. The average Bonchev–Trinajstić information content (AvgIpc) is 2.18. The van der Waals surface area contributed by atoms with Crippen molar-refractivity contribution in [2.45, 2.75) is 6.18 Å². The van der Waals surface area contributed by atoms with Gasteiger partial charge >= 0.3 is 6.18 Å². The second-order valence-corrected chi connectivity index (χ2v) is 3.77. The lowest BCUT2D eigenvalue weighted by Crippen LogP contribution is -2.22. The Morgan fingerprint density at radius 3 is 2.47 bits per heavy atom. The van der Waals surface area contributed by atoms with Gasteiger partial charge < -0.3 is 5.32 Å². The summed E-state index contributed by atoms with van der Waals surface area (Å²) in [5.41, 5.74) is -1.17. The van der Waals surface area contributed by atoms with E-state index in [1.165, 1.54) is 0 Å². The molecule has 0 heterocycles. The molecule has 1 aromatic carbocycles. The van der Waals surface area contributed by atoms with E-state index < -0.39 is 39.3 Å². The zero-order valence-electron chi connectivity index (χ0n) is 8.02. The van der Waals surface area contributed by atoms with Gasteiger partial charge in [0.05, 0.1) is 9.40 Å². The van der Waals surface area contributed by atoms with Gasteiger partial charge in [-0.2, -0.15) is 13.2 Å². The van der Waals surface area contributed by atoms with E-state index in [0.717, 1.165) is 12.1 Å². The van der Waals surface area contributed by atoms with Gasteiger partial charge in [0.1, 0.15) is 18.0 Å². The Kier molecular flexibility index (Phi) is 3.91. The number of benzene rings is 1. The molecule has 0 fully saturated rings. The highest BCUT2D eigenvalue weighted by molar-refractivity contribution is 9.10. The number of hydrogen-bond acceptors (Lipinski definition) is 3. The van der Waals surface area contributed by atoms with Crippen LogP contribution < -0.4 is 5.32 Å². The van der Waals surface area contributed by atoms with Gasteiger partial charge in [-0.3, -0.25) is 10.1 Å². The Hall–Kier alpha value is -1.38. The van der Waals surface area contributed by atoms with Gasteiger partial charge in [-0.25, -0.2) is 4.39 Å². The fraction of sp³-hybridized carbons (Fsp3) is 0.250.